The molecule has 20 nitrogen and oxygen atoms in total. The van der Waals surface area contributed by atoms with Crippen molar-refractivity contribution in [2.75, 3.05) is 6.61 Å². The van der Waals surface area contributed by atoms with E-state index in [1.165, 1.54) is 64.2 Å². The molecular formula is C107H197IO20. The van der Waals surface area contributed by atoms with E-state index in [-0.39, 0.29) is 188 Å². The molecule has 0 aromatic heterocycles. The van der Waals surface area contributed by atoms with Crippen molar-refractivity contribution in [3.8, 4) is 0 Å². The van der Waals surface area contributed by atoms with Crippen LogP contribution in [0.15, 0.2) is 30.3 Å². The maximum absolute atomic E-state index is 13.4. The zero-order valence-electron chi connectivity index (χ0n) is 74.8. The van der Waals surface area contributed by atoms with Crippen LogP contribution in [0.4, 0.5) is 0 Å². The summed E-state index contributed by atoms with van der Waals surface area (Å²) in [6, 6.07) is 9.60. The fourth-order valence-corrected chi connectivity index (χ4v) is 25.8. The van der Waals surface area contributed by atoms with E-state index in [4.69, 9.17) is 39.3 Å². The number of carbonyl (C=O) groups excluding carboxylic acids is 9. The number of hydrogen-bond acceptors (Lipinski definition) is 20. The Bertz CT molecular complexity index is 3570. The molecule has 752 valence electrons. The quantitative estimate of drug-likeness (QED) is 0.0585. The molecule has 14 bridgehead atoms. The average molecular weight is 1930 g/mol. The molecule has 18 rings (SSSR count). The van der Waals surface area contributed by atoms with Gasteiger partial charge in [0.1, 0.15) is 29.0 Å². The second-order valence-corrected chi connectivity index (χ2v) is 46.2. The molecule has 0 radical (unpaired) electrons. The first kappa shape index (κ1) is 127. The van der Waals surface area contributed by atoms with Crippen LogP contribution in [-0.2, 0) is 82.4 Å². The van der Waals surface area contributed by atoms with Crippen molar-refractivity contribution in [3.63, 3.8) is 0 Å². The van der Waals surface area contributed by atoms with Crippen LogP contribution in [0.5, 0.6) is 0 Å². The third-order valence-electron chi connectivity index (χ3n) is 31.4. The molecule has 2 aliphatic heterocycles. The molecule has 2 N–H and O–H groups in total. The van der Waals surface area contributed by atoms with Crippen LogP contribution in [0, 0.1) is 112 Å². The number of esters is 7. The van der Waals surface area contributed by atoms with Gasteiger partial charge in [-0.05, 0) is 233 Å². The van der Waals surface area contributed by atoms with Gasteiger partial charge in [-0.1, -0.05) is 145 Å². The maximum atomic E-state index is 13.4. The van der Waals surface area contributed by atoms with Crippen molar-refractivity contribution in [2.24, 2.45) is 109 Å². The Hall–Kier alpha value is -4.90. The van der Waals surface area contributed by atoms with Crippen LogP contribution in [-0.4, -0.2) is 117 Å². The molecule has 2 heterocycles. The van der Waals surface area contributed by atoms with E-state index in [1.807, 2.05) is 134 Å². The summed E-state index contributed by atoms with van der Waals surface area (Å²) in [5.41, 5.74) is -5.70. The van der Waals surface area contributed by atoms with Gasteiger partial charge in [-0.3, -0.25) is 28.8 Å². The monoisotopic (exact) mass is 1930 g/mol. The predicted octanol–water partition coefficient (Wildman–Crippen LogP) is 27.4. The molecule has 0 amide bonds. The van der Waals surface area contributed by atoms with Crippen molar-refractivity contribution in [3.05, 3.63) is 33.9 Å². The summed E-state index contributed by atoms with van der Waals surface area (Å²) in [5, 5.41) is 21.3. The Morgan fingerprint density at radius 1 is 0.453 bits per heavy atom. The SMILES string of the molecule is C.C.C.C.C.C.C.C.C.C.C.C.CCC(C)(C)C(=O)OC1(C(C)C)C2CC3CC(C2)CC1C3.CCC(C)(C)C(=O)OC12CC3CC(O)(CC(O)(C3)C1)C2.CCC(C)(C)C(=O)OC1C2CC3C(=O)OC1C3C2.CCC(C)(C)C(=O)OC1CCOC1=O.CCC(C)(C)C(=O)OI(OC(=O)C12CC3CC(CC(C3)C1)C2)c1ccccc1.CCC1(OC(=O)C(C)(C)CC)CCCC1. The number of carbonyl (C=O) groups is 9. The average Bonchev–Trinajstić information content (AvgIpc) is 1.11. The molecule has 8 unspecified atom stereocenters. The second-order valence-electron chi connectivity index (χ2n) is 42.9. The van der Waals surface area contributed by atoms with E-state index >= 15 is 0 Å². The topological polar surface area (TPSA) is 277 Å². The number of hydrogen-bond donors (Lipinski definition) is 2. The second kappa shape index (κ2) is 49.0. The molecule has 15 aliphatic carbocycles. The Morgan fingerprint density at radius 2 is 0.859 bits per heavy atom. The summed E-state index contributed by atoms with van der Waals surface area (Å²) in [7, 11) is 0. The minimum absolute atomic E-state index is 0. The largest absolute Gasteiger partial charge is 0.459 e. The molecule has 15 saturated carbocycles. The fraction of sp³-hybridized carbons (Fsp3) is 0.860. The zero-order valence-corrected chi connectivity index (χ0v) is 77.0. The molecule has 0 spiro atoms. The normalized spacial score (nSPS) is 31.5. The molecule has 1 aromatic carbocycles. The van der Waals surface area contributed by atoms with E-state index in [1.54, 1.807) is 13.8 Å². The van der Waals surface area contributed by atoms with Crippen molar-refractivity contribution >= 4 is 74.4 Å². The van der Waals surface area contributed by atoms with Crippen molar-refractivity contribution < 1.29 is 92.7 Å². The summed E-state index contributed by atoms with van der Waals surface area (Å²) in [5.74, 6) is 4.97. The van der Waals surface area contributed by atoms with Crippen molar-refractivity contribution in [1.82, 2.24) is 0 Å². The van der Waals surface area contributed by atoms with Gasteiger partial charge < -0.3 is 43.4 Å². The van der Waals surface area contributed by atoms with E-state index in [0.29, 0.717) is 92.5 Å². The van der Waals surface area contributed by atoms with Gasteiger partial charge in [0.25, 0.3) is 0 Å². The Kier molecular flexibility index (Phi) is 48.7. The number of benzene rings is 1. The number of cyclic esters (lactones) is 1. The summed E-state index contributed by atoms with van der Waals surface area (Å²) >= 11 is -2.87. The summed E-state index contributed by atoms with van der Waals surface area (Å²) in [4.78, 5) is 110. The van der Waals surface area contributed by atoms with Crippen LogP contribution in [0.1, 0.15) is 434 Å². The third-order valence-corrected chi connectivity index (χ3v) is 34.7. The molecule has 17 aliphatic rings. The van der Waals surface area contributed by atoms with Gasteiger partial charge in [-0.25, -0.2) is 4.79 Å². The fourth-order valence-electron chi connectivity index (χ4n) is 22.4. The van der Waals surface area contributed by atoms with Gasteiger partial charge in [-0.15, -0.1) is 0 Å². The van der Waals surface area contributed by atoms with Gasteiger partial charge in [0.15, 0.2) is 0 Å². The van der Waals surface area contributed by atoms with Crippen LogP contribution in [0.3, 0.4) is 0 Å². The molecule has 17 fully saturated rings. The molecule has 128 heavy (non-hydrogen) atoms. The molecule has 8 atom stereocenters. The van der Waals surface area contributed by atoms with Crippen LogP contribution in [0.25, 0.3) is 0 Å². The third kappa shape index (κ3) is 27.9. The number of ether oxygens (including phenoxy) is 7. The minimum Gasteiger partial charge on any atom is -0.459 e. The zero-order chi connectivity index (χ0) is 85.5. The van der Waals surface area contributed by atoms with E-state index in [9.17, 15) is 53.4 Å². The maximum Gasteiger partial charge on any atom is 0.312 e. The first-order chi connectivity index (χ1) is 54.1. The minimum atomic E-state index is -2.87. The standard InChI is InChI=1S/C23H31IO4.C19H32O2.C16H26O4.C14H20O4.C13H24O2.C10H16O4.12CH4/c1-4-22(2,3)20(25)27-24(19-8-6-5-7-9-19)28-21(26)23-13-16-10-17(14-23)12-18(11-16)15-23;1-6-18(4,5)17(20)21-19(12(2)3)15-8-13-7-14(10-15)11-16(19)9-13;1-4-13(2,3)12(17)20-16-7-11-5-14(18,9-16)8-15(19,6-11)10-16;1-4-14(2,3)13(16)18-10-7-5-8-9(6-7)12(15)17-11(8)10;1-5-12(3,4)11(14)15-13(6-2)9-7-8-10-13;1-4-10(2,3)9(12)14-7-5-6-13-8(7)11;;;;;;;;;;;;/h5-9,16-18H,4,10-15H2,1-3H3;12-16H,6-11H2,1-5H3;11,18-19H,4-10H2,1-3H3;7-11H,4-6H2,1-3H3;5-10H2,1-4H3;7H,4-6H2,1-3H3;12*1H4. The Labute approximate surface area is 791 Å². The smallest absolute Gasteiger partial charge is 0.312 e. The first-order valence-electron chi connectivity index (χ1n) is 45.2. The van der Waals surface area contributed by atoms with Crippen LogP contribution in [0.2, 0.25) is 0 Å². The van der Waals surface area contributed by atoms with Gasteiger partial charge in [0, 0.05) is 37.5 Å². The number of rotatable bonds is 23. The number of aliphatic hydroxyl groups is 2. The van der Waals surface area contributed by atoms with E-state index in [2.05, 4.69) is 27.7 Å². The Balaban J connectivity index is -0.00000146. The predicted molar refractivity (Wildman–Crippen MR) is 530 cm³/mol. The van der Waals surface area contributed by atoms with Crippen LogP contribution < -0.4 is 0 Å². The van der Waals surface area contributed by atoms with E-state index < -0.39 is 71.2 Å². The van der Waals surface area contributed by atoms with Gasteiger partial charge in [-0.2, -0.15) is 0 Å². The summed E-state index contributed by atoms with van der Waals surface area (Å²) < 4.78 is 51.7. The number of fused-ring (bicyclic) bond motifs is 1. The van der Waals surface area contributed by atoms with Gasteiger partial charge >= 0.3 is 218 Å². The molecule has 1 aromatic rings. The summed E-state index contributed by atoms with van der Waals surface area (Å²) in [6.07, 6.45) is 28.3. The molecular weight excluding hydrogens is 1730 g/mol. The van der Waals surface area contributed by atoms with Crippen molar-refractivity contribution in [2.45, 2.75) is 480 Å². The van der Waals surface area contributed by atoms with Crippen molar-refractivity contribution in [1.29, 1.82) is 0 Å². The molecule has 2 saturated heterocycles. The summed E-state index contributed by atoms with van der Waals surface area (Å²) in [6.45, 7) is 41.9. The number of halogens is 1. The Morgan fingerprint density at radius 3 is 1.27 bits per heavy atom. The first-order valence-corrected chi connectivity index (χ1v) is 48.1. The van der Waals surface area contributed by atoms with Crippen LogP contribution >= 0.6 is 20.6 Å². The van der Waals surface area contributed by atoms with Gasteiger partial charge in [0.2, 0.25) is 6.10 Å². The van der Waals surface area contributed by atoms with E-state index in [0.717, 1.165) is 112 Å². The van der Waals surface area contributed by atoms with Gasteiger partial charge in [0.05, 0.1) is 50.8 Å². The molecule has 21 heteroatoms.